The number of methoxy groups -OCH3 is 1. The smallest absolute Gasteiger partial charge is 0.219 e. The largest absolute Gasteiger partial charge is 0.493 e. The maximum atomic E-state index is 9.81. The standard InChI is InChI=1S/C21H24O5/c1-13(2)20(22)25-17-9-6-15(7-10-17)16-8-11-18(19(12-16)24-5)26-21(23)14(3)4/h6-12,20-23H,1,3H2,2,4-5H3. The highest BCUT2D eigenvalue weighted by atomic mass is 16.6. The fourth-order valence-electron chi connectivity index (χ4n) is 2.12. The van der Waals surface area contributed by atoms with Crippen LogP contribution in [0, 0.1) is 0 Å². The number of hydrogen-bond acceptors (Lipinski definition) is 5. The van der Waals surface area contributed by atoms with Crippen molar-refractivity contribution in [1.82, 2.24) is 0 Å². The zero-order chi connectivity index (χ0) is 19.3. The van der Waals surface area contributed by atoms with E-state index < -0.39 is 12.6 Å². The van der Waals surface area contributed by atoms with Gasteiger partial charge in [0.2, 0.25) is 12.6 Å². The second-order valence-electron chi connectivity index (χ2n) is 6.02. The lowest BCUT2D eigenvalue weighted by molar-refractivity contribution is 0.0131. The molecule has 0 fully saturated rings. The third-order valence-corrected chi connectivity index (χ3v) is 3.68. The van der Waals surface area contributed by atoms with Gasteiger partial charge in [-0.05, 0) is 60.4 Å². The average Bonchev–Trinajstić information content (AvgIpc) is 2.62. The van der Waals surface area contributed by atoms with Gasteiger partial charge in [0.25, 0.3) is 0 Å². The summed E-state index contributed by atoms with van der Waals surface area (Å²) >= 11 is 0. The molecule has 0 saturated heterocycles. The van der Waals surface area contributed by atoms with Crippen LogP contribution in [0.25, 0.3) is 11.1 Å². The molecule has 26 heavy (non-hydrogen) atoms. The molecule has 0 aliphatic carbocycles. The predicted octanol–water partition coefficient (Wildman–Crippen LogP) is 3.91. The molecule has 0 amide bonds. The molecule has 5 heteroatoms. The van der Waals surface area contributed by atoms with Crippen molar-refractivity contribution in [2.24, 2.45) is 0 Å². The van der Waals surface area contributed by atoms with Crippen LogP contribution in [0.5, 0.6) is 17.2 Å². The van der Waals surface area contributed by atoms with Gasteiger partial charge in [0.15, 0.2) is 11.5 Å². The molecule has 5 nitrogen and oxygen atoms in total. The first-order valence-electron chi connectivity index (χ1n) is 8.10. The van der Waals surface area contributed by atoms with Gasteiger partial charge in [0, 0.05) is 0 Å². The van der Waals surface area contributed by atoms with Crippen molar-refractivity contribution in [1.29, 1.82) is 0 Å². The normalized spacial score (nSPS) is 12.8. The molecule has 0 spiro atoms. The van der Waals surface area contributed by atoms with Crippen LogP contribution in [0.1, 0.15) is 13.8 Å². The number of hydrogen-bond donors (Lipinski definition) is 2. The predicted molar refractivity (Wildman–Crippen MR) is 101 cm³/mol. The average molecular weight is 356 g/mol. The van der Waals surface area contributed by atoms with Crippen LogP contribution in [0.15, 0.2) is 66.8 Å². The van der Waals surface area contributed by atoms with Crippen molar-refractivity contribution < 1.29 is 24.4 Å². The van der Waals surface area contributed by atoms with E-state index in [1.165, 1.54) is 7.11 Å². The maximum Gasteiger partial charge on any atom is 0.219 e. The summed E-state index contributed by atoms with van der Waals surface area (Å²) in [6.07, 6.45) is -2.12. The third-order valence-electron chi connectivity index (χ3n) is 3.68. The quantitative estimate of drug-likeness (QED) is 0.554. The SMILES string of the molecule is C=C(C)C(O)Oc1ccc(-c2ccc(OC(O)C(=C)C)c(OC)c2)cc1. The molecule has 138 valence electrons. The first-order valence-corrected chi connectivity index (χ1v) is 8.10. The van der Waals surface area contributed by atoms with Crippen LogP contribution in [0.2, 0.25) is 0 Å². The molecule has 2 atom stereocenters. The molecule has 0 aliphatic heterocycles. The van der Waals surface area contributed by atoms with Gasteiger partial charge in [-0.1, -0.05) is 31.4 Å². The van der Waals surface area contributed by atoms with Crippen LogP contribution >= 0.6 is 0 Å². The van der Waals surface area contributed by atoms with Gasteiger partial charge in [-0.15, -0.1) is 0 Å². The number of benzene rings is 2. The van der Waals surface area contributed by atoms with Gasteiger partial charge in [0.1, 0.15) is 5.75 Å². The lowest BCUT2D eigenvalue weighted by atomic mass is 10.0. The van der Waals surface area contributed by atoms with Gasteiger partial charge in [-0.25, -0.2) is 0 Å². The number of aliphatic hydroxyl groups excluding tert-OH is 2. The van der Waals surface area contributed by atoms with E-state index in [9.17, 15) is 10.2 Å². The first kappa shape index (κ1) is 19.6. The molecule has 2 unspecified atom stereocenters. The molecule has 0 heterocycles. The molecule has 2 N–H and O–H groups in total. The Morgan fingerprint density at radius 1 is 0.808 bits per heavy atom. The highest BCUT2D eigenvalue weighted by Gasteiger charge is 2.13. The second-order valence-corrected chi connectivity index (χ2v) is 6.02. The summed E-state index contributed by atoms with van der Waals surface area (Å²) in [6.45, 7) is 10.7. The zero-order valence-electron chi connectivity index (χ0n) is 15.2. The molecule has 2 aromatic rings. The van der Waals surface area contributed by atoms with E-state index in [-0.39, 0.29) is 0 Å². The minimum Gasteiger partial charge on any atom is -0.493 e. The fraction of sp³-hybridized carbons (Fsp3) is 0.238. The van der Waals surface area contributed by atoms with Crippen LogP contribution in [-0.4, -0.2) is 29.9 Å². The van der Waals surface area contributed by atoms with Gasteiger partial charge >= 0.3 is 0 Å². The first-order chi connectivity index (χ1) is 12.3. The highest BCUT2D eigenvalue weighted by Crippen LogP contribution is 2.34. The Bertz CT molecular complexity index is 779. The van der Waals surface area contributed by atoms with Crippen molar-refractivity contribution in [3.63, 3.8) is 0 Å². The van der Waals surface area contributed by atoms with Crippen molar-refractivity contribution in [2.45, 2.75) is 26.4 Å². The summed E-state index contributed by atoms with van der Waals surface area (Å²) in [5, 5.41) is 19.5. The van der Waals surface area contributed by atoms with Crippen LogP contribution < -0.4 is 14.2 Å². The number of aliphatic hydroxyl groups is 2. The number of ether oxygens (including phenoxy) is 3. The van der Waals surface area contributed by atoms with Crippen LogP contribution in [0.4, 0.5) is 0 Å². The summed E-state index contributed by atoms with van der Waals surface area (Å²) < 4.78 is 16.2. The molecule has 0 saturated carbocycles. The molecule has 2 rings (SSSR count). The Labute approximate surface area is 153 Å². The summed E-state index contributed by atoms with van der Waals surface area (Å²) in [6, 6.07) is 12.7. The van der Waals surface area contributed by atoms with E-state index in [1.807, 2.05) is 24.3 Å². The van der Waals surface area contributed by atoms with Crippen molar-refractivity contribution >= 4 is 0 Å². The molecule has 0 aliphatic rings. The molecule has 0 radical (unpaired) electrons. The lowest BCUT2D eigenvalue weighted by Gasteiger charge is -2.17. The van der Waals surface area contributed by atoms with E-state index >= 15 is 0 Å². The van der Waals surface area contributed by atoms with Gasteiger partial charge in [-0.3, -0.25) is 0 Å². The topological polar surface area (TPSA) is 68.2 Å². The summed E-state index contributed by atoms with van der Waals surface area (Å²) in [7, 11) is 1.54. The number of rotatable bonds is 8. The Hall–Kier alpha value is -2.76. The summed E-state index contributed by atoms with van der Waals surface area (Å²) in [5.74, 6) is 1.47. The Morgan fingerprint density at radius 3 is 1.88 bits per heavy atom. The van der Waals surface area contributed by atoms with E-state index in [0.717, 1.165) is 11.1 Å². The fourth-order valence-corrected chi connectivity index (χ4v) is 2.12. The molecular weight excluding hydrogens is 332 g/mol. The van der Waals surface area contributed by atoms with E-state index in [1.54, 1.807) is 32.0 Å². The van der Waals surface area contributed by atoms with Gasteiger partial charge < -0.3 is 24.4 Å². The Kier molecular flexibility index (Phi) is 6.44. The Balaban J connectivity index is 2.20. The van der Waals surface area contributed by atoms with Gasteiger partial charge in [0.05, 0.1) is 7.11 Å². The molecule has 0 bridgehead atoms. The monoisotopic (exact) mass is 356 g/mol. The highest BCUT2D eigenvalue weighted by molar-refractivity contribution is 5.67. The Morgan fingerprint density at radius 2 is 1.35 bits per heavy atom. The third kappa shape index (κ3) is 4.88. The minimum absolute atomic E-state index is 0.427. The van der Waals surface area contributed by atoms with Crippen molar-refractivity contribution in [3.05, 3.63) is 66.8 Å². The van der Waals surface area contributed by atoms with Crippen LogP contribution in [0.3, 0.4) is 0 Å². The molecule has 2 aromatic carbocycles. The van der Waals surface area contributed by atoms with E-state index in [2.05, 4.69) is 13.2 Å². The second kappa shape index (κ2) is 8.56. The van der Waals surface area contributed by atoms with Crippen molar-refractivity contribution in [2.75, 3.05) is 7.11 Å². The maximum absolute atomic E-state index is 9.81. The molecular formula is C21H24O5. The van der Waals surface area contributed by atoms with E-state index in [0.29, 0.717) is 28.4 Å². The van der Waals surface area contributed by atoms with Crippen LogP contribution in [-0.2, 0) is 0 Å². The van der Waals surface area contributed by atoms with Gasteiger partial charge in [-0.2, -0.15) is 0 Å². The van der Waals surface area contributed by atoms with E-state index in [4.69, 9.17) is 14.2 Å². The minimum atomic E-state index is -1.09. The molecule has 0 aromatic heterocycles. The summed E-state index contributed by atoms with van der Waals surface area (Å²) in [5.41, 5.74) is 2.88. The van der Waals surface area contributed by atoms with Crippen molar-refractivity contribution in [3.8, 4) is 28.4 Å². The zero-order valence-corrected chi connectivity index (χ0v) is 15.2. The lowest BCUT2D eigenvalue weighted by Crippen LogP contribution is -2.16. The summed E-state index contributed by atoms with van der Waals surface area (Å²) in [4.78, 5) is 0.